The summed E-state index contributed by atoms with van der Waals surface area (Å²) >= 11 is 1.78. The second kappa shape index (κ2) is 5.04. The van der Waals surface area contributed by atoms with E-state index in [4.69, 9.17) is 4.74 Å². The van der Waals surface area contributed by atoms with E-state index in [1.165, 1.54) is 21.6 Å². The van der Waals surface area contributed by atoms with Gasteiger partial charge in [-0.25, -0.2) is 0 Å². The molecule has 0 aliphatic carbocycles. The summed E-state index contributed by atoms with van der Waals surface area (Å²) in [6.07, 6.45) is 5.98. The number of nitrogens with one attached hydrogen (secondary N) is 1. The molecule has 0 bridgehead atoms. The normalized spacial score (nSPS) is 18.0. The van der Waals surface area contributed by atoms with Gasteiger partial charge < -0.3 is 10.1 Å². The molecule has 0 unspecified atom stereocenters. The molecule has 2 aliphatic heterocycles. The van der Waals surface area contributed by atoms with E-state index in [9.17, 15) is 0 Å². The van der Waals surface area contributed by atoms with E-state index in [2.05, 4.69) is 21.7 Å². The molecule has 102 valence electrons. The maximum Gasteiger partial charge on any atom is 0.130 e. The highest BCUT2D eigenvalue weighted by Gasteiger charge is 2.23. The van der Waals surface area contributed by atoms with Crippen LogP contribution in [0.4, 0.5) is 0 Å². The van der Waals surface area contributed by atoms with Crippen LogP contribution in [0.15, 0.2) is 35.5 Å². The van der Waals surface area contributed by atoms with Gasteiger partial charge in [-0.15, -0.1) is 11.3 Å². The first kappa shape index (κ1) is 12.1. The van der Waals surface area contributed by atoms with Crippen LogP contribution in [-0.4, -0.2) is 18.1 Å². The van der Waals surface area contributed by atoms with Gasteiger partial charge in [-0.1, -0.05) is 5.57 Å². The monoisotopic (exact) mass is 284 g/mol. The SMILES string of the molecule is c1cc2c(cn1)C(=C1CCNCC1)c1ccsc1CO2. The summed E-state index contributed by atoms with van der Waals surface area (Å²) in [4.78, 5) is 5.64. The Bertz CT molecular complexity index is 667. The minimum atomic E-state index is 0.666. The van der Waals surface area contributed by atoms with E-state index in [1.807, 2.05) is 18.5 Å². The molecule has 4 heteroatoms. The van der Waals surface area contributed by atoms with Crippen LogP contribution in [0.1, 0.15) is 28.8 Å². The molecule has 0 radical (unpaired) electrons. The highest BCUT2D eigenvalue weighted by Crippen LogP contribution is 2.41. The minimum Gasteiger partial charge on any atom is -0.487 e. The Morgan fingerprint density at radius 3 is 2.95 bits per heavy atom. The van der Waals surface area contributed by atoms with Crippen LogP contribution in [0.2, 0.25) is 0 Å². The molecule has 20 heavy (non-hydrogen) atoms. The van der Waals surface area contributed by atoms with Gasteiger partial charge in [-0.2, -0.15) is 0 Å². The number of nitrogens with zero attached hydrogens (tertiary/aromatic N) is 1. The maximum atomic E-state index is 5.97. The van der Waals surface area contributed by atoms with Crippen molar-refractivity contribution in [3.8, 4) is 5.75 Å². The summed E-state index contributed by atoms with van der Waals surface area (Å²) in [5.74, 6) is 0.962. The molecule has 3 nitrogen and oxygen atoms in total. The molecule has 2 aromatic rings. The fourth-order valence-electron chi connectivity index (χ4n) is 3.02. The van der Waals surface area contributed by atoms with E-state index < -0.39 is 0 Å². The van der Waals surface area contributed by atoms with Crippen molar-refractivity contribution in [2.75, 3.05) is 13.1 Å². The lowest BCUT2D eigenvalue weighted by Crippen LogP contribution is -2.23. The zero-order valence-corrected chi connectivity index (χ0v) is 12.0. The molecule has 0 atom stereocenters. The molecule has 1 N–H and O–H groups in total. The number of hydrogen-bond donors (Lipinski definition) is 1. The third kappa shape index (κ3) is 1.96. The Labute approximate surface area is 122 Å². The first-order valence-electron chi connectivity index (χ1n) is 7.00. The van der Waals surface area contributed by atoms with E-state index >= 15 is 0 Å². The largest absolute Gasteiger partial charge is 0.487 e. The Morgan fingerprint density at radius 2 is 2.05 bits per heavy atom. The van der Waals surface area contributed by atoms with Crippen molar-refractivity contribution in [1.82, 2.24) is 10.3 Å². The number of thiophene rings is 1. The zero-order valence-electron chi connectivity index (χ0n) is 11.2. The maximum absolute atomic E-state index is 5.97. The summed E-state index contributed by atoms with van der Waals surface area (Å²) in [6.45, 7) is 2.79. The number of hydrogen-bond acceptors (Lipinski definition) is 4. The summed E-state index contributed by atoms with van der Waals surface area (Å²) < 4.78 is 5.97. The van der Waals surface area contributed by atoms with Gasteiger partial charge in [0.2, 0.25) is 0 Å². The molecule has 0 spiro atoms. The molecule has 4 rings (SSSR count). The zero-order chi connectivity index (χ0) is 13.4. The number of fused-ring (bicyclic) bond motifs is 2. The molecule has 2 aromatic heterocycles. The molecule has 1 fully saturated rings. The molecule has 4 heterocycles. The van der Waals surface area contributed by atoms with Crippen molar-refractivity contribution in [3.05, 3.63) is 51.5 Å². The lowest BCUT2D eigenvalue weighted by Gasteiger charge is -2.20. The second-order valence-corrected chi connectivity index (χ2v) is 6.15. The van der Waals surface area contributed by atoms with Crippen LogP contribution in [0.25, 0.3) is 5.57 Å². The third-order valence-electron chi connectivity index (χ3n) is 3.98. The van der Waals surface area contributed by atoms with Crippen molar-refractivity contribution < 1.29 is 4.74 Å². The Balaban J connectivity index is 1.96. The molecule has 1 saturated heterocycles. The van der Waals surface area contributed by atoms with Gasteiger partial charge in [0, 0.05) is 22.8 Å². The molecule has 0 aromatic carbocycles. The van der Waals surface area contributed by atoms with E-state index in [1.54, 1.807) is 11.3 Å². The first-order chi connectivity index (χ1) is 9.93. The van der Waals surface area contributed by atoms with E-state index in [0.717, 1.165) is 37.2 Å². The van der Waals surface area contributed by atoms with Crippen molar-refractivity contribution >= 4 is 16.9 Å². The van der Waals surface area contributed by atoms with Gasteiger partial charge in [0.05, 0.1) is 0 Å². The van der Waals surface area contributed by atoms with Crippen molar-refractivity contribution in [2.24, 2.45) is 0 Å². The van der Waals surface area contributed by atoms with Gasteiger partial charge in [0.25, 0.3) is 0 Å². The van der Waals surface area contributed by atoms with E-state index in [0.29, 0.717) is 6.61 Å². The topological polar surface area (TPSA) is 34.2 Å². The quantitative estimate of drug-likeness (QED) is 0.806. The van der Waals surface area contributed by atoms with Crippen LogP contribution in [0, 0.1) is 0 Å². The summed E-state index contributed by atoms with van der Waals surface area (Å²) in [5.41, 5.74) is 5.40. The van der Waals surface area contributed by atoms with Crippen molar-refractivity contribution in [3.63, 3.8) is 0 Å². The fraction of sp³-hybridized carbons (Fsp3) is 0.312. The van der Waals surface area contributed by atoms with Crippen LogP contribution in [0.3, 0.4) is 0 Å². The fourth-order valence-corrected chi connectivity index (χ4v) is 3.81. The average molecular weight is 284 g/mol. The summed E-state index contributed by atoms with van der Waals surface area (Å²) in [7, 11) is 0. The molecular weight excluding hydrogens is 268 g/mol. The first-order valence-corrected chi connectivity index (χ1v) is 7.88. The number of ether oxygens (including phenoxy) is 1. The predicted molar refractivity (Wildman–Crippen MR) is 81.0 cm³/mol. The molecule has 0 saturated carbocycles. The summed E-state index contributed by atoms with van der Waals surface area (Å²) in [5, 5.41) is 5.60. The number of rotatable bonds is 0. The summed E-state index contributed by atoms with van der Waals surface area (Å²) in [6, 6.07) is 4.21. The number of pyridine rings is 1. The Morgan fingerprint density at radius 1 is 1.15 bits per heavy atom. The lowest BCUT2D eigenvalue weighted by atomic mass is 9.90. The Hall–Kier alpha value is -1.65. The molecule has 2 aliphatic rings. The number of aromatic nitrogens is 1. The van der Waals surface area contributed by atoms with Crippen molar-refractivity contribution in [1.29, 1.82) is 0 Å². The van der Waals surface area contributed by atoms with Gasteiger partial charge in [0.1, 0.15) is 12.4 Å². The highest BCUT2D eigenvalue weighted by molar-refractivity contribution is 7.10. The van der Waals surface area contributed by atoms with Crippen LogP contribution >= 0.6 is 11.3 Å². The molecule has 0 amide bonds. The van der Waals surface area contributed by atoms with Crippen LogP contribution in [-0.2, 0) is 6.61 Å². The molecular formula is C16H16N2OS. The second-order valence-electron chi connectivity index (χ2n) is 5.15. The van der Waals surface area contributed by atoms with Gasteiger partial charge in [-0.3, -0.25) is 4.98 Å². The highest BCUT2D eigenvalue weighted by atomic mass is 32.1. The smallest absolute Gasteiger partial charge is 0.130 e. The predicted octanol–water partition coefficient (Wildman–Crippen LogP) is 3.22. The van der Waals surface area contributed by atoms with Crippen molar-refractivity contribution in [2.45, 2.75) is 19.4 Å². The van der Waals surface area contributed by atoms with Gasteiger partial charge >= 0.3 is 0 Å². The average Bonchev–Trinajstić information content (AvgIpc) is 2.90. The van der Waals surface area contributed by atoms with Gasteiger partial charge in [0.15, 0.2) is 0 Å². The minimum absolute atomic E-state index is 0.666. The number of piperidine rings is 1. The third-order valence-corrected chi connectivity index (χ3v) is 4.88. The van der Waals surface area contributed by atoms with Crippen LogP contribution < -0.4 is 10.1 Å². The standard InChI is InChI=1S/C16H16N2OS/c1-5-17-6-2-11(1)16-12-4-8-20-15(12)10-19-14-3-7-18-9-13(14)16/h3-4,7-9,17H,1-2,5-6,10H2. The Kier molecular flexibility index (Phi) is 3.05. The lowest BCUT2D eigenvalue weighted by molar-refractivity contribution is 0.310. The van der Waals surface area contributed by atoms with Gasteiger partial charge in [-0.05, 0) is 54.6 Å². The van der Waals surface area contributed by atoms with E-state index in [-0.39, 0.29) is 0 Å². The van der Waals surface area contributed by atoms with Crippen LogP contribution in [0.5, 0.6) is 5.75 Å².